The summed E-state index contributed by atoms with van der Waals surface area (Å²) in [6, 6.07) is 13.3. The Kier molecular flexibility index (Phi) is 4.81. The lowest BCUT2D eigenvalue weighted by Crippen LogP contribution is -2.23. The predicted octanol–water partition coefficient (Wildman–Crippen LogP) is 4.35. The molecule has 0 bridgehead atoms. The topological polar surface area (TPSA) is 56.1 Å². The third kappa shape index (κ3) is 3.53. The van der Waals surface area contributed by atoms with E-state index in [4.69, 9.17) is 16.3 Å². The van der Waals surface area contributed by atoms with Gasteiger partial charge in [0.05, 0.1) is 30.2 Å². The molecule has 1 N–H and O–H groups in total. The Morgan fingerprint density at radius 2 is 2.04 bits per heavy atom. The molecule has 0 amide bonds. The van der Waals surface area contributed by atoms with E-state index in [1.54, 1.807) is 18.2 Å². The molecular weight excluding hydrogens is 369 g/mol. The van der Waals surface area contributed by atoms with Crippen molar-refractivity contribution in [3.05, 3.63) is 81.5 Å². The minimum Gasteiger partial charge on any atom is -0.493 e. The van der Waals surface area contributed by atoms with Crippen molar-refractivity contribution in [3.8, 4) is 11.4 Å². The number of anilines is 1. The standard InChI is InChI=1S/C20H17ClFN3O2/c21-19-17(12-23-25(20(19)26)14-5-2-1-3-6-14)24-16-7-4-10-27-18-9-8-13(22)11-15(16)18/h1-3,5-6,8-9,11-12,16,24H,4,7,10H2. The fourth-order valence-corrected chi connectivity index (χ4v) is 3.36. The lowest BCUT2D eigenvalue weighted by Gasteiger charge is -2.20. The first kappa shape index (κ1) is 17.5. The molecule has 0 saturated carbocycles. The largest absolute Gasteiger partial charge is 0.493 e. The first-order valence-corrected chi connectivity index (χ1v) is 9.03. The van der Waals surface area contributed by atoms with Gasteiger partial charge in [0.15, 0.2) is 0 Å². The van der Waals surface area contributed by atoms with Crippen LogP contribution in [0.15, 0.2) is 59.5 Å². The van der Waals surface area contributed by atoms with Crippen molar-refractivity contribution in [2.24, 2.45) is 0 Å². The van der Waals surface area contributed by atoms with Gasteiger partial charge in [0.25, 0.3) is 5.56 Å². The Bertz CT molecular complexity index is 1020. The minimum absolute atomic E-state index is 0.0389. The number of nitrogens with one attached hydrogen (secondary N) is 1. The molecule has 0 radical (unpaired) electrons. The number of para-hydroxylation sites is 1. The zero-order chi connectivity index (χ0) is 18.8. The fourth-order valence-electron chi connectivity index (χ4n) is 3.17. The molecule has 0 saturated heterocycles. The Hall–Kier alpha value is -2.86. The maximum Gasteiger partial charge on any atom is 0.292 e. The lowest BCUT2D eigenvalue weighted by molar-refractivity contribution is 0.316. The maximum absolute atomic E-state index is 13.7. The molecule has 138 valence electrons. The monoisotopic (exact) mass is 385 g/mol. The molecule has 1 atom stereocenters. The summed E-state index contributed by atoms with van der Waals surface area (Å²) in [7, 11) is 0. The van der Waals surface area contributed by atoms with Crippen molar-refractivity contribution in [2.75, 3.05) is 11.9 Å². The summed E-state index contributed by atoms with van der Waals surface area (Å²) in [5, 5.41) is 7.50. The van der Waals surface area contributed by atoms with Crippen molar-refractivity contribution in [1.29, 1.82) is 0 Å². The number of benzene rings is 2. The molecule has 7 heteroatoms. The number of hydrogen-bond donors (Lipinski definition) is 1. The zero-order valence-corrected chi connectivity index (χ0v) is 15.1. The molecule has 0 fully saturated rings. The molecule has 27 heavy (non-hydrogen) atoms. The normalized spacial score (nSPS) is 16.1. The van der Waals surface area contributed by atoms with E-state index in [9.17, 15) is 9.18 Å². The summed E-state index contributed by atoms with van der Waals surface area (Å²) in [5.41, 5.74) is 1.33. The first-order valence-electron chi connectivity index (χ1n) is 8.65. The van der Waals surface area contributed by atoms with Crippen LogP contribution in [0.25, 0.3) is 5.69 Å². The molecule has 2 aromatic carbocycles. The van der Waals surface area contributed by atoms with Gasteiger partial charge in [-0.3, -0.25) is 4.79 Å². The molecular formula is C20H17ClFN3O2. The highest BCUT2D eigenvalue weighted by Crippen LogP contribution is 2.35. The smallest absolute Gasteiger partial charge is 0.292 e. The Labute approximate surface area is 160 Å². The van der Waals surface area contributed by atoms with Gasteiger partial charge in [-0.1, -0.05) is 29.8 Å². The summed E-state index contributed by atoms with van der Waals surface area (Å²) in [4.78, 5) is 12.6. The second-order valence-corrected chi connectivity index (χ2v) is 6.67. The molecule has 5 nitrogen and oxygen atoms in total. The van der Waals surface area contributed by atoms with Crippen molar-refractivity contribution >= 4 is 17.3 Å². The highest BCUT2D eigenvalue weighted by Gasteiger charge is 2.22. The van der Waals surface area contributed by atoms with E-state index in [0.29, 0.717) is 35.7 Å². The zero-order valence-electron chi connectivity index (χ0n) is 14.4. The predicted molar refractivity (Wildman–Crippen MR) is 102 cm³/mol. The summed E-state index contributed by atoms with van der Waals surface area (Å²) < 4.78 is 20.7. The van der Waals surface area contributed by atoms with E-state index in [1.165, 1.54) is 23.0 Å². The van der Waals surface area contributed by atoms with Crippen LogP contribution in [0.4, 0.5) is 10.1 Å². The number of fused-ring (bicyclic) bond motifs is 1. The van der Waals surface area contributed by atoms with E-state index in [1.807, 2.05) is 18.2 Å². The average molecular weight is 386 g/mol. The number of rotatable bonds is 3. The summed E-state index contributed by atoms with van der Waals surface area (Å²) >= 11 is 6.33. The highest BCUT2D eigenvalue weighted by atomic mass is 35.5. The maximum atomic E-state index is 13.7. The number of aromatic nitrogens is 2. The molecule has 2 heterocycles. The molecule has 1 aromatic heterocycles. The Morgan fingerprint density at radius 3 is 2.85 bits per heavy atom. The van der Waals surface area contributed by atoms with Gasteiger partial charge < -0.3 is 10.1 Å². The second-order valence-electron chi connectivity index (χ2n) is 6.29. The van der Waals surface area contributed by atoms with Crippen molar-refractivity contribution in [3.63, 3.8) is 0 Å². The number of nitrogens with zero attached hydrogens (tertiary/aromatic N) is 2. The van der Waals surface area contributed by atoms with Crippen LogP contribution in [0, 0.1) is 5.82 Å². The van der Waals surface area contributed by atoms with Gasteiger partial charge in [0.2, 0.25) is 0 Å². The van der Waals surface area contributed by atoms with Gasteiger partial charge in [-0.25, -0.2) is 4.39 Å². The van der Waals surface area contributed by atoms with Gasteiger partial charge in [0, 0.05) is 5.56 Å². The number of ether oxygens (including phenoxy) is 1. The molecule has 1 unspecified atom stereocenters. The summed E-state index contributed by atoms with van der Waals surface area (Å²) in [6.07, 6.45) is 3.02. The van der Waals surface area contributed by atoms with Crippen molar-refractivity contribution in [2.45, 2.75) is 18.9 Å². The SMILES string of the molecule is O=c1c(Cl)c(NC2CCCOc3ccc(F)cc32)cnn1-c1ccccc1. The van der Waals surface area contributed by atoms with Gasteiger partial charge in [-0.2, -0.15) is 9.78 Å². The third-order valence-electron chi connectivity index (χ3n) is 4.49. The Morgan fingerprint density at radius 1 is 1.22 bits per heavy atom. The average Bonchev–Trinajstić information content (AvgIpc) is 2.88. The second kappa shape index (κ2) is 7.40. The van der Waals surface area contributed by atoms with Crippen LogP contribution in [0.3, 0.4) is 0 Å². The molecule has 1 aliphatic heterocycles. The van der Waals surface area contributed by atoms with Crippen LogP contribution >= 0.6 is 11.6 Å². The van der Waals surface area contributed by atoms with Gasteiger partial charge in [-0.05, 0) is 43.2 Å². The van der Waals surface area contributed by atoms with E-state index >= 15 is 0 Å². The van der Waals surface area contributed by atoms with E-state index in [-0.39, 0.29) is 16.9 Å². The van der Waals surface area contributed by atoms with Crippen LogP contribution < -0.4 is 15.6 Å². The summed E-state index contributed by atoms with van der Waals surface area (Å²) in [6.45, 7) is 0.554. The summed E-state index contributed by atoms with van der Waals surface area (Å²) in [5.74, 6) is 0.294. The van der Waals surface area contributed by atoms with Crippen LogP contribution in [-0.2, 0) is 0 Å². The van der Waals surface area contributed by atoms with E-state index < -0.39 is 5.56 Å². The molecule has 3 aromatic rings. The fraction of sp³-hybridized carbons (Fsp3) is 0.200. The van der Waals surface area contributed by atoms with E-state index in [0.717, 1.165) is 6.42 Å². The number of halogens is 2. The van der Waals surface area contributed by atoms with Crippen molar-refractivity contribution < 1.29 is 9.13 Å². The quantitative estimate of drug-likeness (QED) is 0.728. The highest BCUT2D eigenvalue weighted by molar-refractivity contribution is 6.33. The lowest BCUT2D eigenvalue weighted by atomic mass is 10.0. The molecule has 0 aliphatic carbocycles. The first-order chi connectivity index (χ1) is 13.1. The van der Waals surface area contributed by atoms with Gasteiger partial charge >= 0.3 is 0 Å². The van der Waals surface area contributed by atoms with Crippen LogP contribution in [0.5, 0.6) is 5.75 Å². The van der Waals surface area contributed by atoms with Gasteiger partial charge in [-0.15, -0.1) is 0 Å². The third-order valence-corrected chi connectivity index (χ3v) is 4.86. The van der Waals surface area contributed by atoms with E-state index in [2.05, 4.69) is 10.4 Å². The minimum atomic E-state index is -0.419. The van der Waals surface area contributed by atoms with Crippen LogP contribution in [0.2, 0.25) is 5.02 Å². The van der Waals surface area contributed by atoms with Gasteiger partial charge in [0.1, 0.15) is 16.6 Å². The van der Waals surface area contributed by atoms with Crippen LogP contribution in [-0.4, -0.2) is 16.4 Å². The molecule has 1 aliphatic rings. The molecule has 4 rings (SSSR count). The van der Waals surface area contributed by atoms with Crippen LogP contribution in [0.1, 0.15) is 24.4 Å². The number of hydrogen-bond acceptors (Lipinski definition) is 4. The van der Waals surface area contributed by atoms with Crippen molar-refractivity contribution in [1.82, 2.24) is 9.78 Å². The Balaban J connectivity index is 1.69. The molecule has 0 spiro atoms.